The van der Waals surface area contributed by atoms with Crippen molar-refractivity contribution < 1.29 is 4.74 Å². The van der Waals surface area contributed by atoms with Crippen molar-refractivity contribution in [1.29, 1.82) is 0 Å². The van der Waals surface area contributed by atoms with Gasteiger partial charge >= 0.3 is 0 Å². The maximum absolute atomic E-state index is 5.91. The van der Waals surface area contributed by atoms with Gasteiger partial charge in [0.1, 0.15) is 11.6 Å². The number of ether oxygens (including phenoxy) is 1. The Bertz CT molecular complexity index is 554. The zero-order chi connectivity index (χ0) is 13.1. The number of hydrogen-bond donors (Lipinski definition) is 1. The van der Waals surface area contributed by atoms with Crippen molar-refractivity contribution in [3.05, 3.63) is 40.4 Å². The van der Waals surface area contributed by atoms with Crippen LogP contribution in [-0.4, -0.2) is 16.2 Å². The van der Waals surface area contributed by atoms with E-state index in [-0.39, 0.29) is 0 Å². The highest BCUT2D eigenvalue weighted by Gasteiger charge is 2.07. The highest BCUT2D eigenvalue weighted by Crippen LogP contribution is 2.32. The van der Waals surface area contributed by atoms with Gasteiger partial charge in [-0.3, -0.25) is 0 Å². The number of imidazole rings is 1. The van der Waals surface area contributed by atoms with Crippen LogP contribution in [0.25, 0.3) is 0 Å². The summed E-state index contributed by atoms with van der Waals surface area (Å²) < 4.78 is 7.53. The van der Waals surface area contributed by atoms with E-state index in [4.69, 9.17) is 33.7 Å². The first-order chi connectivity index (χ1) is 8.58. The highest BCUT2D eigenvalue weighted by atomic mass is 35.5. The van der Waals surface area contributed by atoms with E-state index >= 15 is 0 Å². The van der Waals surface area contributed by atoms with Gasteiger partial charge in [-0.15, -0.1) is 0 Å². The Hall–Kier alpha value is -1.39. The van der Waals surface area contributed by atoms with Crippen LogP contribution < -0.4 is 10.5 Å². The maximum atomic E-state index is 5.91. The predicted molar refractivity (Wildman–Crippen MR) is 73.3 cm³/mol. The molecule has 0 bridgehead atoms. The number of anilines is 1. The van der Waals surface area contributed by atoms with Crippen LogP contribution in [0.5, 0.6) is 5.75 Å². The van der Waals surface area contributed by atoms with Crippen LogP contribution in [0.1, 0.15) is 5.82 Å². The summed E-state index contributed by atoms with van der Waals surface area (Å²) in [5, 5.41) is 0.850. The van der Waals surface area contributed by atoms with Crippen LogP contribution in [0.2, 0.25) is 10.0 Å². The Balaban J connectivity index is 1.99. The van der Waals surface area contributed by atoms with Crippen molar-refractivity contribution in [1.82, 2.24) is 9.55 Å². The molecule has 2 aromatic rings. The summed E-state index contributed by atoms with van der Waals surface area (Å²) in [6.45, 7) is 0.479. The van der Waals surface area contributed by atoms with Crippen LogP contribution in [0, 0.1) is 0 Å². The predicted octanol–water partition coefficient (Wildman–Crippen LogP) is 2.93. The van der Waals surface area contributed by atoms with E-state index in [1.165, 1.54) is 0 Å². The fourth-order valence-corrected chi connectivity index (χ4v) is 1.88. The zero-order valence-corrected chi connectivity index (χ0v) is 11.4. The number of aryl methyl sites for hydroxylation is 1. The average molecular weight is 286 g/mol. The molecule has 0 radical (unpaired) electrons. The molecular weight excluding hydrogens is 273 g/mol. The van der Waals surface area contributed by atoms with Gasteiger partial charge in [-0.05, 0) is 6.07 Å². The second-order valence-electron chi connectivity index (χ2n) is 3.86. The summed E-state index contributed by atoms with van der Waals surface area (Å²) in [7, 11) is 1.94. The lowest BCUT2D eigenvalue weighted by molar-refractivity contribution is 0.319. The second-order valence-corrected chi connectivity index (χ2v) is 4.67. The normalized spacial score (nSPS) is 10.6. The van der Waals surface area contributed by atoms with Crippen LogP contribution in [0.3, 0.4) is 0 Å². The van der Waals surface area contributed by atoms with Crippen molar-refractivity contribution in [2.45, 2.75) is 6.42 Å². The van der Waals surface area contributed by atoms with Crippen molar-refractivity contribution in [3.8, 4) is 5.75 Å². The van der Waals surface area contributed by atoms with E-state index in [1.807, 2.05) is 17.8 Å². The number of halogens is 2. The van der Waals surface area contributed by atoms with E-state index < -0.39 is 0 Å². The molecule has 1 aromatic carbocycles. The van der Waals surface area contributed by atoms with E-state index in [9.17, 15) is 0 Å². The van der Waals surface area contributed by atoms with Gasteiger partial charge in [0.2, 0.25) is 0 Å². The van der Waals surface area contributed by atoms with Gasteiger partial charge in [0.15, 0.2) is 0 Å². The fraction of sp³-hybridized carbons (Fsp3) is 0.250. The van der Waals surface area contributed by atoms with Crippen molar-refractivity contribution in [2.75, 3.05) is 12.3 Å². The number of aromatic nitrogens is 2. The number of nitrogens with two attached hydrogens (primary N) is 1. The summed E-state index contributed by atoms with van der Waals surface area (Å²) >= 11 is 11.7. The minimum Gasteiger partial charge on any atom is -0.491 e. The van der Waals surface area contributed by atoms with Crippen LogP contribution in [0.4, 0.5) is 5.69 Å². The molecule has 2 N–H and O–H groups in total. The minimum absolute atomic E-state index is 0.422. The summed E-state index contributed by atoms with van der Waals surface area (Å²) in [5.74, 6) is 1.49. The third-order valence-electron chi connectivity index (χ3n) is 2.56. The van der Waals surface area contributed by atoms with Gasteiger partial charge in [0, 0.05) is 31.9 Å². The Morgan fingerprint density at radius 3 is 2.72 bits per heavy atom. The molecule has 0 aliphatic rings. The lowest BCUT2D eigenvalue weighted by Gasteiger charge is -2.10. The first kappa shape index (κ1) is 13.1. The molecule has 0 saturated heterocycles. The van der Waals surface area contributed by atoms with Crippen molar-refractivity contribution in [3.63, 3.8) is 0 Å². The third kappa shape index (κ3) is 2.89. The molecule has 18 heavy (non-hydrogen) atoms. The number of rotatable bonds is 4. The molecule has 0 aliphatic carbocycles. The molecule has 0 atom stereocenters. The van der Waals surface area contributed by atoms with Gasteiger partial charge in [0.25, 0.3) is 0 Å². The first-order valence-corrected chi connectivity index (χ1v) is 6.17. The Morgan fingerprint density at radius 1 is 1.33 bits per heavy atom. The van der Waals surface area contributed by atoms with Gasteiger partial charge in [0.05, 0.1) is 22.3 Å². The summed E-state index contributed by atoms with van der Waals surface area (Å²) in [4.78, 5) is 4.21. The molecule has 0 aliphatic heterocycles. The molecule has 0 unspecified atom stereocenters. The second kappa shape index (κ2) is 5.50. The molecule has 6 heteroatoms. The molecule has 4 nitrogen and oxygen atoms in total. The SMILES string of the molecule is Cn1ccnc1CCOc1cc(Cl)c(Cl)cc1N. The molecule has 0 fully saturated rings. The Morgan fingerprint density at radius 2 is 2.06 bits per heavy atom. The van der Waals surface area contributed by atoms with E-state index in [2.05, 4.69) is 4.98 Å². The van der Waals surface area contributed by atoms with Gasteiger partial charge < -0.3 is 15.0 Å². The number of nitrogens with zero attached hydrogens (tertiary/aromatic N) is 2. The van der Waals surface area contributed by atoms with Crippen molar-refractivity contribution in [2.24, 2.45) is 7.05 Å². The van der Waals surface area contributed by atoms with E-state index in [0.29, 0.717) is 34.5 Å². The summed E-state index contributed by atoms with van der Waals surface area (Å²) in [5.41, 5.74) is 6.27. The third-order valence-corrected chi connectivity index (χ3v) is 3.28. The van der Waals surface area contributed by atoms with Gasteiger partial charge in [-0.2, -0.15) is 0 Å². The van der Waals surface area contributed by atoms with Crippen LogP contribution in [-0.2, 0) is 13.5 Å². The molecule has 0 spiro atoms. The van der Waals surface area contributed by atoms with Gasteiger partial charge in [-0.25, -0.2) is 4.98 Å². The number of benzene rings is 1. The van der Waals surface area contributed by atoms with Crippen LogP contribution >= 0.6 is 23.2 Å². The molecule has 0 saturated carbocycles. The molecule has 1 aromatic heterocycles. The largest absolute Gasteiger partial charge is 0.491 e. The fourth-order valence-electron chi connectivity index (χ4n) is 1.56. The smallest absolute Gasteiger partial charge is 0.143 e. The molecule has 2 rings (SSSR count). The first-order valence-electron chi connectivity index (χ1n) is 5.41. The number of nitrogen functional groups attached to an aromatic ring is 1. The van der Waals surface area contributed by atoms with E-state index in [1.54, 1.807) is 18.3 Å². The molecule has 0 amide bonds. The Labute approximate surface area is 115 Å². The molecule has 1 heterocycles. The topological polar surface area (TPSA) is 53.1 Å². The average Bonchev–Trinajstić information content (AvgIpc) is 2.72. The lowest BCUT2D eigenvalue weighted by Crippen LogP contribution is -2.07. The maximum Gasteiger partial charge on any atom is 0.143 e. The van der Waals surface area contributed by atoms with Crippen LogP contribution in [0.15, 0.2) is 24.5 Å². The minimum atomic E-state index is 0.422. The Kier molecular flexibility index (Phi) is 3.99. The lowest BCUT2D eigenvalue weighted by atomic mass is 10.3. The summed E-state index contributed by atoms with van der Waals surface area (Å²) in [6, 6.07) is 3.21. The zero-order valence-electron chi connectivity index (χ0n) is 9.86. The van der Waals surface area contributed by atoms with Gasteiger partial charge in [-0.1, -0.05) is 23.2 Å². The van der Waals surface area contributed by atoms with Crippen molar-refractivity contribution >= 4 is 28.9 Å². The molecular formula is C12H13Cl2N3O. The monoisotopic (exact) mass is 285 g/mol. The summed E-state index contributed by atoms with van der Waals surface area (Å²) in [6.07, 6.45) is 4.34. The highest BCUT2D eigenvalue weighted by molar-refractivity contribution is 6.42. The standard InChI is InChI=1S/C12H13Cl2N3O/c1-17-4-3-16-12(17)2-5-18-11-7-9(14)8(13)6-10(11)15/h3-4,6-7H,2,5,15H2,1H3. The van der Waals surface area contributed by atoms with E-state index in [0.717, 1.165) is 5.82 Å². The quantitative estimate of drug-likeness (QED) is 0.879. The molecule has 96 valence electrons. The number of hydrogen-bond acceptors (Lipinski definition) is 3.